The fraction of sp³-hybridized carbons (Fsp3) is 0.312. The van der Waals surface area contributed by atoms with Gasteiger partial charge in [-0.15, -0.1) is 0 Å². The third kappa shape index (κ3) is 8.37. The first-order chi connectivity index (χ1) is 26.5. The Kier molecular flexibility index (Phi) is 9.95. The molecule has 0 amide bonds. The quantitative estimate of drug-likeness (QED) is 0.165. The molecular formula is C48H60N3+3. The number of benzene rings is 3. The minimum atomic E-state index is -2.07. The van der Waals surface area contributed by atoms with Gasteiger partial charge in [0.2, 0.25) is 17.1 Å². The third-order valence-electron chi connectivity index (χ3n) is 10.5. The predicted molar refractivity (Wildman–Crippen MR) is 216 cm³/mol. The Morgan fingerprint density at radius 1 is 0.373 bits per heavy atom. The van der Waals surface area contributed by atoms with E-state index in [1.165, 1.54) is 44.8 Å². The Balaban J connectivity index is 0.000000190. The number of hydrogen-bond donors (Lipinski definition) is 0. The fourth-order valence-corrected chi connectivity index (χ4v) is 6.61. The molecule has 0 aliphatic rings. The Morgan fingerprint density at radius 2 is 0.784 bits per heavy atom. The molecule has 6 aromatic rings. The molecule has 0 spiro atoms. The van der Waals surface area contributed by atoms with Crippen LogP contribution >= 0.6 is 0 Å². The molecule has 0 unspecified atom stereocenters. The Bertz CT molecular complexity index is 2420. The average molecular weight is 685 g/mol. The number of aryl methyl sites for hydroxylation is 7. The van der Waals surface area contributed by atoms with E-state index in [2.05, 4.69) is 108 Å². The summed E-state index contributed by atoms with van der Waals surface area (Å²) in [7, 11) is 5.99. The molecule has 264 valence electrons. The number of aromatic nitrogens is 3. The van der Waals surface area contributed by atoms with E-state index in [0.29, 0.717) is 11.1 Å². The van der Waals surface area contributed by atoms with Gasteiger partial charge in [-0.05, 0) is 114 Å². The summed E-state index contributed by atoms with van der Waals surface area (Å²) in [5.41, 5.74) is 19.1. The third-order valence-corrected chi connectivity index (χ3v) is 10.5. The van der Waals surface area contributed by atoms with E-state index in [9.17, 15) is 0 Å². The van der Waals surface area contributed by atoms with E-state index >= 15 is 0 Å². The average Bonchev–Trinajstić information content (AvgIpc) is 3.13. The summed E-state index contributed by atoms with van der Waals surface area (Å²) in [6, 6.07) is 30.9. The van der Waals surface area contributed by atoms with Gasteiger partial charge in [-0.25, -0.2) is 0 Å². The highest BCUT2D eigenvalue weighted by atomic mass is 15.0. The molecule has 3 heterocycles. The lowest BCUT2D eigenvalue weighted by molar-refractivity contribution is -0.667. The number of hydrogen-bond acceptors (Lipinski definition) is 0. The van der Waals surface area contributed by atoms with Crippen LogP contribution in [0.25, 0.3) is 33.8 Å². The molecule has 0 bridgehead atoms. The highest BCUT2D eigenvalue weighted by molar-refractivity contribution is 5.65. The maximum Gasteiger partial charge on any atom is 0.215 e. The van der Waals surface area contributed by atoms with Gasteiger partial charge >= 0.3 is 0 Å². The van der Waals surface area contributed by atoms with Gasteiger partial charge in [-0.2, -0.15) is 13.7 Å². The molecule has 51 heavy (non-hydrogen) atoms. The van der Waals surface area contributed by atoms with Crippen molar-refractivity contribution < 1.29 is 21.9 Å². The molecule has 0 atom stereocenters. The summed E-state index contributed by atoms with van der Waals surface area (Å²) in [4.78, 5) is 0. The van der Waals surface area contributed by atoms with Crippen molar-refractivity contribution in [1.29, 1.82) is 0 Å². The van der Waals surface area contributed by atoms with Crippen molar-refractivity contribution in [2.45, 2.75) is 82.9 Å². The molecule has 3 aromatic carbocycles. The second-order valence-corrected chi connectivity index (χ2v) is 13.9. The zero-order valence-corrected chi connectivity index (χ0v) is 33.0. The summed E-state index contributed by atoms with van der Waals surface area (Å²) < 4.78 is 52.2. The fourth-order valence-electron chi connectivity index (χ4n) is 6.61. The molecule has 0 aliphatic heterocycles. The summed E-state index contributed by atoms with van der Waals surface area (Å²) >= 11 is 0. The van der Waals surface area contributed by atoms with E-state index < -0.39 is 13.7 Å². The Hall–Kier alpha value is -4.89. The highest BCUT2D eigenvalue weighted by Crippen LogP contribution is 2.26. The molecule has 6 rings (SSSR count). The molecule has 0 aliphatic carbocycles. The second-order valence-electron chi connectivity index (χ2n) is 13.9. The Labute approximate surface area is 317 Å². The standard InChI is InChI=1S/3C16H20N/c2*1-11-8-6-7-9-15(11)16-10-12(2)13(3)14(4)17(16)5;1-11-8-6-7-9-15(11)16-13(3)10-12(2)14(4)17(16)5/h3*6-10H,1-5H3/q3*+1/i3D3;;2D3. The molecule has 0 fully saturated rings. The van der Waals surface area contributed by atoms with Crippen molar-refractivity contribution in [3.63, 3.8) is 0 Å². The van der Waals surface area contributed by atoms with Gasteiger partial charge in [0.25, 0.3) is 0 Å². The van der Waals surface area contributed by atoms with Crippen molar-refractivity contribution in [2.75, 3.05) is 0 Å². The summed E-state index contributed by atoms with van der Waals surface area (Å²) in [6.45, 7) is 16.3. The van der Waals surface area contributed by atoms with Crippen LogP contribution in [-0.4, -0.2) is 0 Å². The van der Waals surface area contributed by atoms with Crippen LogP contribution in [0, 0.1) is 82.9 Å². The van der Waals surface area contributed by atoms with E-state index in [0.717, 1.165) is 45.0 Å². The van der Waals surface area contributed by atoms with Crippen LogP contribution < -0.4 is 13.7 Å². The SMILES string of the molecule is Cc1ccccc1-c1cc(C)c(C)c(C)[n+]1C.[2H]C([2H])([2H])c1c(C)cc(-c2ccccc2C)[n+](C)c1C.[2H]C([2H])([2H])c1cc(C)c(-c2ccccc2C)[n+](C)c1C. The van der Waals surface area contributed by atoms with Crippen LogP contribution in [0.5, 0.6) is 0 Å². The van der Waals surface area contributed by atoms with Crippen LogP contribution in [0.4, 0.5) is 0 Å². The van der Waals surface area contributed by atoms with Crippen molar-refractivity contribution in [3.05, 3.63) is 158 Å². The van der Waals surface area contributed by atoms with Gasteiger partial charge < -0.3 is 0 Å². The summed E-state index contributed by atoms with van der Waals surface area (Å²) in [5, 5.41) is 0. The normalized spacial score (nSPS) is 12.9. The van der Waals surface area contributed by atoms with Crippen LogP contribution in [0.3, 0.4) is 0 Å². The second kappa shape index (κ2) is 16.4. The number of pyridine rings is 3. The van der Waals surface area contributed by atoms with Crippen LogP contribution in [0.1, 0.15) is 75.4 Å². The Morgan fingerprint density at radius 3 is 1.22 bits per heavy atom. The van der Waals surface area contributed by atoms with Gasteiger partial charge in [-0.3, -0.25) is 0 Å². The smallest absolute Gasteiger partial charge is 0.198 e. The minimum absolute atomic E-state index is 0.426. The van der Waals surface area contributed by atoms with Gasteiger partial charge in [0, 0.05) is 80.1 Å². The van der Waals surface area contributed by atoms with Crippen molar-refractivity contribution in [3.8, 4) is 33.8 Å². The van der Waals surface area contributed by atoms with E-state index in [1.54, 1.807) is 6.07 Å². The molecule has 3 heteroatoms. The number of nitrogens with zero attached hydrogens (tertiary/aromatic N) is 3. The molecule has 0 N–H and O–H groups in total. The topological polar surface area (TPSA) is 11.6 Å². The first-order valence-electron chi connectivity index (χ1n) is 20.6. The number of rotatable bonds is 3. The lowest BCUT2D eigenvalue weighted by Gasteiger charge is -2.10. The molecule has 0 saturated carbocycles. The van der Waals surface area contributed by atoms with E-state index in [1.807, 2.05) is 81.3 Å². The monoisotopic (exact) mass is 685 g/mol. The van der Waals surface area contributed by atoms with Crippen LogP contribution in [0.2, 0.25) is 0 Å². The minimum Gasteiger partial charge on any atom is -0.198 e. The van der Waals surface area contributed by atoms with Crippen LogP contribution in [-0.2, 0) is 21.1 Å². The highest BCUT2D eigenvalue weighted by Gasteiger charge is 2.20. The van der Waals surface area contributed by atoms with Crippen molar-refractivity contribution in [2.24, 2.45) is 21.1 Å². The molecular weight excluding hydrogens is 619 g/mol. The lowest BCUT2D eigenvalue weighted by atomic mass is 9.99. The van der Waals surface area contributed by atoms with E-state index in [-0.39, 0.29) is 0 Å². The summed E-state index contributed by atoms with van der Waals surface area (Å²) in [5.74, 6) is 0. The first-order valence-corrected chi connectivity index (χ1v) is 17.6. The van der Waals surface area contributed by atoms with Gasteiger partial charge in [0.15, 0.2) is 17.1 Å². The largest absolute Gasteiger partial charge is 0.215 e. The lowest BCUT2D eigenvalue weighted by Crippen LogP contribution is -2.36. The summed E-state index contributed by atoms with van der Waals surface area (Å²) in [6.07, 6.45) is 0. The molecule has 3 aromatic heterocycles. The zero-order chi connectivity index (χ0) is 42.7. The van der Waals surface area contributed by atoms with Gasteiger partial charge in [0.1, 0.15) is 21.1 Å². The predicted octanol–water partition coefficient (Wildman–Crippen LogP) is 10.2. The van der Waals surface area contributed by atoms with Crippen LogP contribution in [0.15, 0.2) is 91.0 Å². The van der Waals surface area contributed by atoms with Gasteiger partial charge in [-0.1, -0.05) is 54.6 Å². The maximum absolute atomic E-state index is 7.69. The maximum atomic E-state index is 7.69. The van der Waals surface area contributed by atoms with Gasteiger partial charge in [0.05, 0.1) is 0 Å². The van der Waals surface area contributed by atoms with E-state index in [4.69, 9.17) is 8.22 Å². The first kappa shape index (κ1) is 30.9. The van der Waals surface area contributed by atoms with Crippen molar-refractivity contribution in [1.82, 2.24) is 0 Å². The molecule has 3 nitrogen and oxygen atoms in total. The molecule has 0 saturated heterocycles. The molecule has 0 radical (unpaired) electrons. The zero-order valence-electron chi connectivity index (χ0n) is 39.0. The van der Waals surface area contributed by atoms with Crippen molar-refractivity contribution >= 4 is 0 Å².